The summed E-state index contributed by atoms with van der Waals surface area (Å²) in [4.78, 5) is 0. The number of nitrogens with zero attached hydrogens (tertiary/aromatic N) is 2. The van der Waals surface area contributed by atoms with E-state index in [-0.39, 0.29) is 0 Å². The minimum atomic E-state index is 0.510. The van der Waals surface area contributed by atoms with E-state index in [1.807, 2.05) is 0 Å². The van der Waals surface area contributed by atoms with E-state index in [0.29, 0.717) is 12.0 Å². The zero-order valence-corrected chi connectivity index (χ0v) is 13.4. The normalized spacial score (nSPS) is 19.1. The van der Waals surface area contributed by atoms with Crippen LogP contribution in [0.4, 0.5) is 0 Å². The number of ether oxygens (including phenoxy) is 1. The second-order valence-electron chi connectivity index (χ2n) is 6.03. The Morgan fingerprint density at radius 1 is 1.35 bits per heavy atom. The van der Waals surface area contributed by atoms with Crippen molar-refractivity contribution >= 4 is 0 Å². The van der Waals surface area contributed by atoms with Gasteiger partial charge in [0, 0.05) is 42.9 Å². The van der Waals surface area contributed by atoms with E-state index in [0.717, 1.165) is 39.1 Å². The van der Waals surface area contributed by atoms with E-state index >= 15 is 0 Å². The molecule has 0 aromatic carbocycles. The molecule has 114 valence electrons. The van der Waals surface area contributed by atoms with Crippen molar-refractivity contribution < 1.29 is 4.74 Å². The molecule has 1 aromatic rings. The molecule has 1 saturated heterocycles. The molecule has 1 aromatic heterocycles. The third-order valence-corrected chi connectivity index (χ3v) is 4.06. The van der Waals surface area contributed by atoms with Crippen LogP contribution in [0.5, 0.6) is 0 Å². The predicted molar refractivity (Wildman–Crippen MR) is 81.9 cm³/mol. The fourth-order valence-corrected chi connectivity index (χ4v) is 2.90. The number of rotatable bonds is 7. The van der Waals surface area contributed by atoms with Gasteiger partial charge in [-0.05, 0) is 19.3 Å². The highest BCUT2D eigenvalue weighted by atomic mass is 16.5. The van der Waals surface area contributed by atoms with Gasteiger partial charge in [0.2, 0.25) is 0 Å². The van der Waals surface area contributed by atoms with E-state index in [1.165, 1.54) is 23.4 Å². The Morgan fingerprint density at radius 2 is 2.15 bits per heavy atom. The molecule has 2 heterocycles. The van der Waals surface area contributed by atoms with Crippen LogP contribution >= 0.6 is 0 Å². The quantitative estimate of drug-likeness (QED) is 0.833. The molecule has 1 atom stereocenters. The van der Waals surface area contributed by atoms with Gasteiger partial charge in [-0.1, -0.05) is 27.7 Å². The van der Waals surface area contributed by atoms with Gasteiger partial charge in [-0.2, -0.15) is 5.10 Å². The van der Waals surface area contributed by atoms with E-state index in [2.05, 4.69) is 37.7 Å². The molecule has 4 nitrogen and oxygen atoms in total. The van der Waals surface area contributed by atoms with Crippen LogP contribution in [0.15, 0.2) is 0 Å². The van der Waals surface area contributed by atoms with E-state index in [9.17, 15) is 0 Å². The molecule has 0 saturated carbocycles. The minimum Gasteiger partial charge on any atom is -0.381 e. The van der Waals surface area contributed by atoms with Gasteiger partial charge in [0.1, 0.15) is 0 Å². The highest BCUT2D eigenvalue weighted by Crippen LogP contribution is 2.21. The second-order valence-corrected chi connectivity index (χ2v) is 6.03. The summed E-state index contributed by atoms with van der Waals surface area (Å²) in [5.74, 6) is 0.635. The fraction of sp³-hybridized carbons (Fsp3) is 0.812. The summed E-state index contributed by atoms with van der Waals surface area (Å²) in [6, 6.07) is 0.510. The van der Waals surface area contributed by atoms with E-state index in [4.69, 9.17) is 9.84 Å². The molecule has 0 spiro atoms. The predicted octanol–water partition coefficient (Wildman–Crippen LogP) is 2.54. The Hall–Kier alpha value is -0.870. The Bertz CT molecular complexity index is 420. The summed E-state index contributed by atoms with van der Waals surface area (Å²) in [5, 5.41) is 8.40. The summed E-state index contributed by atoms with van der Waals surface area (Å²) in [6.45, 7) is 12.6. The molecule has 0 radical (unpaired) electrons. The Morgan fingerprint density at radius 3 is 2.70 bits per heavy atom. The van der Waals surface area contributed by atoms with Crippen LogP contribution in [0, 0.1) is 5.92 Å². The second kappa shape index (κ2) is 7.23. The van der Waals surface area contributed by atoms with Gasteiger partial charge in [0.15, 0.2) is 0 Å². The van der Waals surface area contributed by atoms with Crippen molar-refractivity contribution in [2.24, 2.45) is 5.92 Å². The van der Waals surface area contributed by atoms with Crippen LogP contribution in [0.2, 0.25) is 0 Å². The monoisotopic (exact) mass is 279 g/mol. The number of hydrogen-bond acceptors (Lipinski definition) is 3. The number of aryl methyl sites for hydroxylation is 1. The van der Waals surface area contributed by atoms with Crippen LogP contribution in [-0.4, -0.2) is 29.0 Å². The summed E-state index contributed by atoms with van der Waals surface area (Å²) in [5.41, 5.74) is 4.08. The molecule has 0 bridgehead atoms. The van der Waals surface area contributed by atoms with Gasteiger partial charge >= 0.3 is 0 Å². The van der Waals surface area contributed by atoms with Gasteiger partial charge < -0.3 is 10.1 Å². The maximum Gasteiger partial charge on any atom is 0.0669 e. The minimum absolute atomic E-state index is 0.510. The maximum absolute atomic E-state index is 5.49. The van der Waals surface area contributed by atoms with Crippen LogP contribution in [0.3, 0.4) is 0 Å². The smallest absolute Gasteiger partial charge is 0.0669 e. The molecule has 1 fully saturated rings. The summed E-state index contributed by atoms with van der Waals surface area (Å²) < 4.78 is 7.74. The van der Waals surface area contributed by atoms with Crippen molar-refractivity contribution in [3.8, 4) is 0 Å². The lowest BCUT2D eigenvalue weighted by atomic mass is 10.1. The highest BCUT2D eigenvalue weighted by Gasteiger charge is 2.21. The van der Waals surface area contributed by atoms with Crippen molar-refractivity contribution in [1.29, 1.82) is 0 Å². The first-order valence-electron chi connectivity index (χ1n) is 8.04. The summed E-state index contributed by atoms with van der Waals surface area (Å²) in [7, 11) is 0. The average Bonchev–Trinajstić information content (AvgIpc) is 3.03. The van der Waals surface area contributed by atoms with Crippen molar-refractivity contribution in [2.45, 2.75) is 66.1 Å². The fourth-order valence-electron chi connectivity index (χ4n) is 2.90. The molecule has 0 aliphatic carbocycles. The first kappa shape index (κ1) is 15.5. The lowest BCUT2D eigenvalue weighted by molar-refractivity contribution is 0.181. The van der Waals surface area contributed by atoms with Crippen LogP contribution in [0.1, 0.15) is 51.1 Å². The van der Waals surface area contributed by atoms with Crippen molar-refractivity contribution in [2.75, 3.05) is 13.2 Å². The topological polar surface area (TPSA) is 39.1 Å². The molecule has 4 heteroatoms. The zero-order chi connectivity index (χ0) is 14.5. The number of hydrogen-bond donors (Lipinski definition) is 1. The molecule has 1 aliphatic rings. The molecule has 1 aliphatic heterocycles. The molecule has 20 heavy (non-hydrogen) atoms. The molecule has 2 rings (SSSR count). The van der Waals surface area contributed by atoms with Crippen molar-refractivity contribution in [3.63, 3.8) is 0 Å². The van der Waals surface area contributed by atoms with Crippen LogP contribution < -0.4 is 5.32 Å². The molecule has 0 amide bonds. The van der Waals surface area contributed by atoms with Crippen molar-refractivity contribution in [3.05, 3.63) is 17.0 Å². The number of nitrogens with one attached hydrogen (secondary N) is 1. The molecule has 1 unspecified atom stereocenters. The van der Waals surface area contributed by atoms with E-state index < -0.39 is 0 Å². The lowest BCUT2D eigenvalue weighted by Crippen LogP contribution is -2.23. The van der Waals surface area contributed by atoms with Crippen LogP contribution in [-0.2, 0) is 30.7 Å². The van der Waals surface area contributed by atoms with Gasteiger partial charge in [-0.15, -0.1) is 0 Å². The van der Waals surface area contributed by atoms with Gasteiger partial charge in [0.05, 0.1) is 12.3 Å². The van der Waals surface area contributed by atoms with Gasteiger partial charge in [-0.3, -0.25) is 4.68 Å². The summed E-state index contributed by atoms with van der Waals surface area (Å²) in [6.07, 6.45) is 3.23. The third-order valence-electron chi connectivity index (χ3n) is 4.06. The van der Waals surface area contributed by atoms with Crippen molar-refractivity contribution in [1.82, 2.24) is 15.1 Å². The lowest BCUT2D eigenvalue weighted by Gasteiger charge is -2.13. The molecular weight excluding hydrogens is 250 g/mol. The standard InChI is InChI=1S/C16H29N3O/c1-5-15-14(9-17-12(3)4)16(6-2)19(18-15)10-13-7-8-20-11-13/h12-13,17H,5-11H2,1-4H3. The first-order valence-corrected chi connectivity index (χ1v) is 8.04. The molecular formula is C16H29N3O. The van der Waals surface area contributed by atoms with Gasteiger partial charge in [-0.25, -0.2) is 0 Å². The Kier molecular flexibility index (Phi) is 5.61. The Labute approximate surface area is 122 Å². The first-order chi connectivity index (χ1) is 9.65. The molecule has 1 N–H and O–H groups in total. The highest BCUT2D eigenvalue weighted by molar-refractivity contribution is 5.27. The summed E-state index contributed by atoms with van der Waals surface area (Å²) >= 11 is 0. The third kappa shape index (κ3) is 3.61. The van der Waals surface area contributed by atoms with E-state index in [1.54, 1.807) is 0 Å². The maximum atomic E-state index is 5.49. The van der Waals surface area contributed by atoms with Gasteiger partial charge in [0.25, 0.3) is 0 Å². The SMILES string of the molecule is CCc1nn(CC2CCOC2)c(CC)c1CNC(C)C. The average molecular weight is 279 g/mol. The zero-order valence-electron chi connectivity index (χ0n) is 13.4. The van der Waals surface area contributed by atoms with Crippen LogP contribution in [0.25, 0.3) is 0 Å². The largest absolute Gasteiger partial charge is 0.381 e. The Balaban J connectivity index is 2.17. The number of aromatic nitrogens is 2.